The Balaban J connectivity index is 1.55. The molecule has 6 nitrogen and oxygen atoms in total. The van der Waals surface area contributed by atoms with Crippen LogP contribution in [0.2, 0.25) is 0 Å². The molecule has 150 valence electrons. The predicted molar refractivity (Wildman–Crippen MR) is 103 cm³/mol. The SMILES string of the molecule is Fc1ncc(-c2ccc(OC(F)F)cc2)cc1Nc1ccnc(N2CCCC2)n1. The van der Waals surface area contributed by atoms with E-state index in [0.717, 1.165) is 25.9 Å². The molecule has 0 unspecified atom stereocenters. The molecular weight excluding hydrogens is 383 g/mol. The molecule has 0 bridgehead atoms. The third-order valence-corrected chi connectivity index (χ3v) is 4.55. The van der Waals surface area contributed by atoms with E-state index in [1.807, 2.05) is 0 Å². The second-order valence-corrected chi connectivity index (χ2v) is 6.53. The van der Waals surface area contributed by atoms with Gasteiger partial charge >= 0.3 is 6.61 Å². The number of nitrogens with one attached hydrogen (secondary N) is 1. The van der Waals surface area contributed by atoms with E-state index in [1.165, 1.54) is 18.3 Å². The number of benzene rings is 1. The molecule has 1 aliphatic rings. The number of pyridine rings is 1. The van der Waals surface area contributed by atoms with E-state index >= 15 is 0 Å². The smallest absolute Gasteiger partial charge is 0.387 e. The van der Waals surface area contributed by atoms with Crippen LogP contribution in [0.1, 0.15) is 12.8 Å². The summed E-state index contributed by atoms with van der Waals surface area (Å²) in [6, 6.07) is 9.29. The molecule has 0 amide bonds. The fourth-order valence-corrected chi connectivity index (χ4v) is 3.15. The summed E-state index contributed by atoms with van der Waals surface area (Å²) in [4.78, 5) is 14.6. The summed E-state index contributed by atoms with van der Waals surface area (Å²) in [6.45, 7) is -1.08. The number of hydrogen-bond acceptors (Lipinski definition) is 6. The lowest BCUT2D eigenvalue weighted by Crippen LogP contribution is -2.20. The number of rotatable bonds is 6. The summed E-state index contributed by atoms with van der Waals surface area (Å²) in [5.41, 5.74) is 1.45. The lowest BCUT2D eigenvalue weighted by molar-refractivity contribution is -0.0498. The third-order valence-electron chi connectivity index (χ3n) is 4.55. The van der Waals surface area contributed by atoms with Crippen LogP contribution >= 0.6 is 0 Å². The van der Waals surface area contributed by atoms with Crippen LogP contribution in [0.25, 0.3) is 11.1 Å². The maximum Gasteiger partial charge on any atom is 0.387 e. The predicted octanol–water partition coefficient (Wildman–Crippen LogP) is 4.62. The Bertz CT molecular complexity index is 978. The first-order valence-corrected chi connectivity index (χ1v) is 9.14. The van der Waals surface area contributed by atoms with Crippen molar-refractivity contribution in [3.8, 4) is 16.9 Å². The summed E-state index contributed by atoms with van der Waals surface area (Å²) in [7, 11) is 0. The molecule has 1 fully saturated rings. The van der Waals surface area contributed by atoms with Crippen LogP contribution < -0.4 is 15.0 Å². The Morgan fingerprint density at radius 2 is 1.76 bits per heavy atom. The van der Waals surface area contributed by atoms with Crippen LogP contribution in [0.3, 0.4) is 0 Å². The molecule has 29 heavy (non-hydrogen) atoms. The van der Waals surface area contributed by atoms with E-state index in [4.69, 9.17) is 0 Å². The van der Waals surface area contributed by atoms with Gasteiger partial charge in [0.2, 0.25) is 11.9 Å². The summed E-state index contributed by atoms with van der Waals surface area (Å²) >= 11 is 0. The highest BCUT2D eigenvalue weighted by Crippen LogP contribution is 2.27. The molecule has 9 heteroatoms. The fourth-order valence-electron chi connectivity index (χ4n) is 3.15. The number of hydrogen-bond donors (Lipinski definition) is 1. The van der Waals surface area contributed by atoms with Gasteiger partial charge < -0.3 is 15.0 Å². The van der Waals surface area contributed by atoms with Gasteiger partial charge in [-0.1, -0.05) is 12.1 Å². The van der Waals surface area contributed by atoms with Gasteiger partial charge in [0.15, 0.2) is 0 Å². The largest absolute Gasteiger partial charge is 0.435 e. The van der Waals surface area contributed by atoms with Crippen LogP contribution in [0.15, 0.2) is 48.8 Å². The summed E-state index contributed by atoms with van der Waals surface area (Å²) in [5, 5.41) is 2.94. The molecule has 0 aliphatic carbocycles. The van der Waals surface area contributed by atoms with Crippen molar-refractivity contribution in [2.24, 2.45) is 0 Å². The van der Waals surface area contributed by atoms with E-state index in [1.54, 1.807) is 30.5 Å². The van der Waals surface area contributed by atoms with Crippen LogP contribution in [0.4, 0.5) is 30.6 Å². The first-order chi connectivity index (χ1) is 14.1. The van der Waals surface area contributed by atoms with E-state index in [9.17, 15) is 13.2 Å². The van der Waals surface area contributed by atoms with E-state index < -0.39 is 12.6 Å². The number of alkyl halides is 2. The van der Waals surface area contributed by atoms with Gasteiger partial charge in [-0.05, 0) is 42.7 Å². The zero-order valence-corrected chi connectivity index (χ0v) is 15.4. The van der Waals surface area contributed by atoms with Gasteiger partial charge in [0.1, 0.15) is 11.6 Å². The van der Waals surface area contributed by atoms with Crippen molar-refractivity contribution in [2.75, 3.05) is 23.3 Å². The maximum atomic E-state index is 14.2. The van der Waals surface area contributed by atoms with Crippen molar-refractivity contribution in [3.63, 3.8) is 0 Å². The second kappa shape index (κ2) is 8.34. The zero-order valence-electron chi connectivity index (χ0n) is 15.4. The van der Waals surface area contributed by atoms with Crippen LogP contribution in [0.5, 0.6) is 5.75 Å². The van der Waals surface area contributed by atoms with Crippen LogP contribution in [-0.2, 0) is 0 Å². The number of anilines is 3. The molecule has 1 saturated heterocycles. The molecule has 4 rings (SSSR count). The quantitative estimate of drug-likeness (QED) is 0.608. The average Bonchev–Trinajstić information content (AvgIpc) is 3.25. The molecule has 0 radical (unpaired) electrons. The molecule has 1 aliphatic heterocycles. The first-order valence-electron chi connectivity index (χ1n) is 9.14. The van der Waals surface area contributed by atoms with E-state index in [0.29, 0.717) is 22.9 Å². The van der Waals surface area contributed by atoms with E-state index in [-0.39, 0.29) is 11.4 Å². The zero-order chi connectivity index (χ0) is 20.2. The maximum absolute atomic E-state index is 14.2. The van der Waals surface area contributed by atoms with Gasteiger partial charge in [0.05, 0.1) is 5.69 Å². The molecule has 0 spiro atoms. The van der Waals surface area contributed by atoms with E-state index in [2.05, 4.69) is 29.9 Å². The minimum atomic E-state index is -2.89. The summed E-state index contributed by atoms with van der Waals surface area (Å²) < 4.78 is 43.1. The van der Waals surface area contributed by atoms with Crippen molar-refractivity contribution in [1.82, 2.24) is 15.0 Å². The van der Waals surface area contributed by atoms with Gasteiger partial charge in [0.25, 0.3) is 0 Å². The molecule has 1 aromatic carbocycles. The fraction of sp³-hybridized carbons (Fsp3) is 0.250. The Morgan fingerprint density at radius 1 is 1.00 bits per heavy atom. The van der Waals surface area contributed by atoms with Crippen molar-refractivity contribution in [1.29, 1.82) is 0 Å². The average molecular weight is 401 g/mol. The number of ether oxygens (including phenoxy) is 1. The molecule has 0 atom stereocenters. The molecular formula is C20H18F3N5O. The Morgan fingerprint density at radius 3 is 2.48 bits per heavy atom. The summed E-state index contributed by atoms with van der Waals surface area (Å²) in [6.07, 6.45) is 5.20. The van der Waals surface area contributed by atoms with Crippen molar-refractivity contribution in [2.45, 2.75) is 19.5 Å². The topological polar surface area (TPSA) is 63.2 Å². The number of aromatic nitrogens is 3. The molecule has 3 heterocycles. The van der Waals surface area contributed by atoms with Gasteiger partial charge in [0, 0.05) is 31.0 Å². The monoisotopic (exact) mass is 401 g/mol. The van der Waals surface area contributed by atoms with Gasteiger partial charge in [-0.2, -0.15) is 18.2 Å². The van der Waals surface area contributed by atoms with Crippen LogP contribution in [-0.4, -0.2) is 34.7 Å². The van der Waals surface area contributed by atoms with Crippen molar-refractivity contribution < 1.29 is 17.9 Å². The lowest BCUT2D eigenvalue weighted by atomic mass is 10.1. The first kappa shape index (κ1) is 19.0. The second-order valence-electron chi connectivity index (χ2n) is 6.53. The molecule has 1 N–H and O–H groups in total. The number of nitrogens with zero attached hydrogens (tertiary/aromatic N) is 4. The normalized spacial score (nSPS) is 13.7. The Labute approximate surface area is 165 Å². The van der Waals surface area contributed by atoms with Crippen LogP contribution in [0, 0.1) is 5.95 Å². The molecule has 3 aromatic rings. The standard InChI is InChI=1S/C20H18F3N5O/c21-18-16(26-17-7-8-24-20(27-17)28-9-1-2-10-28)11-14(12-25-18)13-3-5-15(6-4-13)29-19(22)23/h3-8,11-12,19H,1-2,9-10H2,(H,24,26,27). The highest BCUT2D eigenvalue weighted by atomic mass is 19.3. The highest BCUT2D eigenvalue weighted by Gasteiger charge is 2.16. The third kappa shape index (κ3) is 4.56. The Hall–Kier alpha value is -3.36. The highest BCUT2D eigenvalue weighted by molar-refractivity contribution is 5.69. The Kier molecular flexibility index (Phi) is 5.46. The van der Waals surface area contributed by atoms with Gasteiger partial charge in [-0.3, -0.25) is 0 Å². The molecule has 2 aromatic heterocycles. The van der Waals surface area contributed by atoms with Gasteiger partial charge in [-0.25, -0.2) is 9.97 Å². The van der Waals surface area contributed by atoms with Crippen molar-refractivity contribution >= 4 is 17.5 Å². The minimum Gasteiger partial charge on any atom is -0.435 e. The van der Waals surface area contributed by atoms with Crippen molar-refractivity contribution in [3.05, 3.63) is 54.7 Å². The van der Waals surface area contributed by atoms with Gasteiger partial charge in [-0.15, -0.1) is 0 Å². The minimum absolute atomic E-state index is 0.0487. The lowest BCUT2D eigenvalue weighted by Gasteiger charge is -2.16. The summed E-state index contributed by atoms with van der Waals surface area (Å²) in [5.74, 6) is 0.437. The number of halogens is 3. The molecule has 0 saturated carbocycles.